The van der Waals surface area contributed by atoms with Crippen LogP contribution < -0.4 is 5.73 Å². The van der Waals surface area contributed by atoms with E-state index in [0.717, 1.165) is 19.4 Å². The zero-order valence-electron chi connectivity index (χ0n) is 10.7. The summed E-state index contributed by atoms with van der Waals surface area (Å²) < 4.78 is 12.1. The van der Waals surface area contributed by atoms with E-state index in [0.29, 0.717) is 18.2 Å². The number of hydrogen-bond donors (Lipinski definition) is 1. The highest BCUT2D eigenvalue weighted by atomic mass is 16.6. The minimum Gasteiger partial charge on any atom is -0.375 e. The van der Waals surface area contributed by atoms with E-state index in [4.69, 9.17) is 15.2 Å². The fourth-order valence-corrected chi connectivity index (χ4v) is 3.56. The Balaban J connectivity index is 1.41. The molecule has 0 radical (unpaired) electrons. The van der Waals surface area contributed by atoms with Gasteiger partial charge in [0.1, 0.15) is 0 Å². The van der Waals surface area contributed by atoms with Gasteiger partial charge < -0.3 is 15.2 Å². The van der Waals surface area contributed by atoms with Crippen molar-refractivity contribution in [2.24, 2.45) is 5.73 Å². The number of ether oxygens (including phenoxy) is 2. The lowest BCUT2D eigenvalue weighted by atomic mass is 9.83. The van der Waals surface area contributed by atoms with Crippen LogP contribution in [0.3, 0.4) is 0 Å². The third kappa shape index (κ3) is 2.67. The molecule has 0 aromatic rings. The fraction of sp³-hybridized carbons (Fsp3) is 1.00. The van der Waals surface area contributed by atoms with E-state index in [1.165, 1.54) is 44.9 Å². The van der Waals surface area contributed by atoms with Gasteiger partial charge in [-0.2, -0.15) is 0 Å². The molecule has 3 rings (SSSR count). The minimum atomic E-state index is 0.238. The summed E-state index contributed by atoms with van der Waals surface area (Å²) in [6, 6.07) is 0.384. The molecular formula is C14H25NO2. The van der Waals surface area contributed by atoms with Crippen LogP contribution in [0.25, 0.3) is 0 Å². The van der Waals surface area contributed by atoms with Crippen molar-refractivity contribution in [3.05, 3.63) is 0 Å². The Morgan fingerprint density at radius 2 is 1.88 bits per heavy atom. The second kappa shape index (κ2) is 4.87. The molecule has 1 unspecified atom stereocenters. The molecule has 2 saturated carbocycles. The predicted octanol–water partition coefficient (Wildman–Crippen LogP) is 2.37. The van der Waals surface area contributed by atoms with Crippen molar-refractivity contribution in [3.63, 3.8) is 0 Å². The number of nitrogens with two attached hydrogens (primary N) is 1. The van der Waals surface area contributed by atoms with Gasteiger partial charge >= 0.3 is 0 Å². The van der Waals surface area contributed by atoms with Gasteiger partial charge in [0.25, 0.3) is 0 Å². The Labute approximate surface area is 104 Å². The van der Waals surface area contributed by atoms with Crippen LogP contribution in [0.4, 0.5) is 0 Å². The molecule has 17 heavy (non-hydrogen) atoms. The summed E-state index contributed by atoms with van der Waals surface area (Å²) in [5.74, 6) is 0. The Morgan fingerprint density at radius 3 is 2.59 bits per heavy atom. The van der Waals surface area contributed by atoms with Crippen molar-refractivity contribution in [1.29, 1.82) is 0 Å². The van der Waals surface area contributed by atoms with Crippen molar-refractivity contribution in [2.45, 2.75) is 81.6 Å². The molecular weight excluding hydrogens is 214 g/mol. The molecule has 1 spiro atoms. The van der Waals surface area contributed by atoms with E-state index < -0.39 is 0 Å². The van der Waals surface area contributed by atoms with E-state index in [2.05, 4.69) is 0 Å². The zero-order chi connectivity index (χ0) is 11.7. The third-order valence-corrected chi connectivity index (χ3v) is 4.75. The zero-order valence-corrected chi connectivity index (χ0v) is 10.7. The van der Waals surface area contributed by atoms with Crippen LogP contribution in [0.2, 0.25) is 0 Å². The second-order valence-electron chi connectivity index (χ2n) is 6.21. The van der Waals surface area contributed by atoms with Crippen LogP contribution in [0.5, 0.6) is 0 Å². The Morgan fingerprint density at radius 1 is 1.12 bits per heavy atom. The highest BCUT2D eigenvalue weighted by Gasteiger charge is 2.41. The van der Waals surface area contributed by atoms with Crippen LogP contribution >= 0.6 is 0 Å². The average molecular weight is 239 g/mol. The molecule has 1 aliphatic heterocycles. The minimum absolute atomic E-state index is 0.238. The van der Waals surface area contributed by atoms with E-state index in [-0.39, 0.29) is 5.60 Å². The molecule has 0 aromatic heterocycles. The lowest BCUT2D eigenvalue weighted by molar-refractivity contribution is -0.109. The first-order valence-corrected chi connectivity index (χ1v) is 7.31. The van der Waals surface area contributed by atoms with Gasteiger partial charge in [0.05, 0.1) is 24.4 Å². The van der Waals surface area contributed by atoms with Gasteiger partial charge in [-0.25, -0.2) is 0 Å². The Kier molecular flexibility index (Phi) is 3.42. The van der Waals surface area contributed by atoms with Crippen molar-refractivity contribution >= 4 is 0 Å². The van der Waals surface area contributed by atoms with E-state index >= 15 is 0 Å². The van der Waals surface area contributed by atoms with Crippen molar-refractivity contribution in [2.75, 3.05) is 6.61 Å². The Hall–Kier alpha value is -0.120. The van der Waals surface area contributed by atoms with Crippen molar-refractivity contribution in [3.8, 4) is 0 Å². The van der Waals surface area contributed by atoms with Gasteiger partial charge in [-0.15, -0.1) is 0 Å². The highest BCUT2D eigenvalue weighted by molar-refractivity contribution is 4.91. The first-order valence-electron chi connectivity index (χ1n) is 7.31. The standard InChI is InChI=1S/C14H25NO2/c15-11-8-13(9-11)16-10-12-4-7-14(17-12)5-2-1-3-6-14/h11-13H,1-10,15H2. The maximum Gasteiger partial charge on any atom is 0.0817 e. The molecule has 1 atom stereocenters. The molecule has 3 fully saturated rings. The first kappa shape index (κ1) is 11.9. The molecule has 1 saturated heterocycles. The summed E-state index contributed by atoms with van der Waals surface area (Å²) in [7, 11) is 0. The molecule has 3 aliphatic rings. The molecule has 98 valence electrons. The van der Waals surface area contributed by atoms with E-state index in [1.54, 1.807) is 0 Å². The lowest BCUT2D eigenvalue weighted by Crippen LogP contribution is -2.42. The van der Waals surface area contributed by atoms with Gasteiger partial charge in [-0.1, -0.05) is 19.3 Å². The summed E-state index contributed by atoms with van der Waals surface area (Å²) in [6.07, 6.45) is 11.9. The molecule has 0 amide bonds. The topological polar surface area (TPSA) is 44.5 Å². The van der Waals surface area contributed by atoms with Crippen LogP contribution in [-0.4, -0.2) is 30.5 Å². The van der Waals surface area contributed by atoms with Gasteiger partial charge in [0.2, 0.25) is 0 Å². The van der Waals surface area contributed by atoms with E-state index in [9.17, 15) is 0 Å². The third-order valence-electron chi connectivity index (χ3n) is 4.75. The predicted molar refractivity (Wildman–Crippen MR) is 66.9 cm³/mol. The summed E-state index contributed by atoms with van der Waals surface area (Å²) in [6.45, 7) is 0.791. The van der Waals surface area contributed by atoms with Crippen LogP contribution in [0.15, 0.2) is 0 Å². The van der Waals surface area contributed by atoms with Crippen LogP contribution in [-0.2, 0) is 9.47 Å². The van der Waals surface area contributed by atoms with Crippen LogP contribution in [0.1, 0.15) is 57.8 Å². The fourth-order valence-electron chi connectivity index (χ4n) is 3.56. The normalized spacial score (nSPS) is 40.4. The first-order chi connectivity index (χ1) is 8.26. The largest absolute Gasteiger partial charge is 0.375 e. The molecule has 0 bridgehead atoms. The van der Waals surface area contributed by atoms with Gasteiger partial charge in [-0.05, 0) is 38.5 Å². The molecule has 2 N–H and O–H groups in total. The SMILES string of the molecule is NC1CC(OCC2CCC3(CCCCC3)O2)C1. The molecule has 0 aromatic carbocycles. The van der Waals surface area contributed by atoms with Gasteiger partial charge in [0.15, 0.2) is 0 Å². The highest BCUT2D eigenvalue weighted by Crippen LogP contribution is 2.42. The molecule has 1 heterocycles. The monoisotopic (exact) mass is 239 g/mol. The number of hydrogen-bond acceptors (Lipinski definition) is 3. The lowest BCUT2D eigenvalue weighted by Gasteiger charge is -2.35. The molecule has 3 heteroatoms. The molecule has 2 aliphatic carbocycles. The maximum atomic E-state index is 6.28. The quantitative estimate of drug-likeness (QED) is 0.822. The molecule has 3 nitrogen and oxygen atoms in total. The smallest absolute Gasteiger partial charge is 0.0817 e. The summed E-state index contributed by atoms with van der Waals surface area (Å²) in [5.41, 5.74) is 5.99. The van der Waals surface area contributed by atoms with Gasteiger partial charge in [0, 0.05) is 6.04 Å². The summed E-state index contributed by atoms with van der Waals surface area (Å²) >= 11 is 0. The summed E-state index contributed by atoms with van der Waals surface area (Å²) in [5, 5.41) is 0. The summed E-state index contributed by atoms with van der Waals surface area (Å²) in [4.78, 5) is 0. The average Bonchev–Trinajstić information content (AvgIpc) is 2.67. The van der Waals surface area contributed by atoms with Crippen molar-refractivity contribution < 1.29 is 9.47 Å². The number of rotatable bonds is 3. The Bertz CT molecular complexity index is 257. The maximum absolute atomic E-state index is 6.28. The van der Waals surface area contributed by atoms with E-state index in [1.807, 2.05) is 0 Å². The van der Waals surface area contributed by atoms with Crippen LogP contribution in [0, 0.1) is 0 Å². The second-order valence-corrected chi connectivity index (χ2v) is 6.21. The van der Waals surface area contributed by atoms with Gasteiger partial charge in [-0.3, -0.25) is 0 Å². The van der Waals surface area contributed by atoms with Crippen molar-refractivity contribution in [1.82, 2.24) is 0 Å².